The molecule has 1 aromatic heterocycles. The van der Waals surface area contributed by atoms with Crippen LogP contribution in [0.5, 0.6) is 0 Å². The van der Waals surface area contributed by atoms with Crippen molar-refractivity contribution in [2.75, 3.05) is 55.1 Å². The first kappa shape index (κ1) is 25.6. The van der Waals surface area contributed by atoms with Gasteiger partial charge in [-0.3, -0.25) is 15.4 Å². The molecule has 0 radical (unpaired) electrons. The van der Waals surface area contributed by atoms with E-state index in [0.717, 1.165) is 0 Å². The molecule has 2 aromatic rings. The standard InChI is InChI=1S/C20H25N7O7/c1-4-34-20(29)24-16-9-15(17(27(31)32)18(21)23-16)22-10-13(25-30)11-26(2)14-7-5-12(6-8-14)19(28)33-3/h5-9,30H,4,10-11H2,1-3H3,(H4,21,22,23,24,29). The van der Waals surface area contributed by atoms with E-state index in [1.54, 1.807) is 43.1 Å². The first-order valence-corrected chi connectivity index (χ1v) is 9.92. The van der Waals surface area contributed by atoms with Crippen molar-refractivity contribution in [3.05, 3.63) is 46.0 Å². The molecule has 5 N–H and O–H groups in total. The van der Waals surface area contributed by atoms with Gasteiger partial charge in [0.25, 0.3) is 0 Å². The van der Waals surface area contributed by atoms with E-state index in [0.29, 0.717) is 11.3 Å². The van der Waals surface area contributed by atoms with Crippen molar-refractivity contribution < 1.29 is 29.2 Å². The van der Waals surface area contributed by atoms with Crippen molar-refractivity contribution in [2.45, 2.75) is 6.92 Å². The van der Waals surface area contributed by atoms with Crippen LogP contribution in [0.15, 0.2) is 35.5 Å². The highest BCUT2D eigenvalue weighted by Gasteiger charge is 2.22. The molecule has 14 heteroatoms. The summed E-state index contributed by atoms with van der Waals surface area (Å²) >= 11 is 0. The zero-order chi connectivity index (χ0) is 25.3. The molecule has 0 aliphatic carbocycles. The van der Waals surface area contributed by atoms with Crippen molar-refractivity contribution in [3.8, 4) is 0 Å². The van der Waals surface area contributed by atoms with Gasteiger partial charge in [-0.15, -0.1) is 0 Å². The fraction of sp³-hybridized carbons (Fsp3) is 0.300. The number of hydrogen-bond acceptors (Lipinski definition) is 12. The first-order chi connectivity index (χ1) is 16.2. The highest BCUT2D eigenvalue weighted by Crippen LogP contribution is 2.32. The number of nitrogens with one attached hydrogen (secondary N) is 2. The predicted octanol–water partition coefficient (Wildman–Crippen LogP) is 2.31. The molecule has 0 aliphatic rings. The lowest BCUT2D eigenvalue weighted by Gasteiger charge is -2.20. The Morgan fingerprint density at radius 2 is 2.00 bits per heavy atom. The zero-order valence-electron chi connectivity index (χ0n) is 18.8. The van der Waals surface area contributed by atoms with Crippen LogP contribution in [0.1, 0.15) is 17.3 Å². The van der Waals surface area contributed by atoms with E-state index >= 15 is 0 Å². The maximum Gasteiger partial charge on any atom is 0.412 e. The molecule has 0 unspecified atom stereocenters. The van der Waals surface area contributed by atoms with E-state index in [1.165, 1.54) is 13.2 Å². The Morgan fingerprint density at radius 1 is 1.32 bits per heavy atom. The van der Waals surface area contributed by atoms with Gasteiger partial charge in [-0.05, 0) is 31.2 Å². The minimum atomic E-state index is -0.799. The number of esters is 1. The van der Waals surface area contributed by atoms with Crippen LogP contribution in [0.3, 0.4) is 0 Å². The Labute approximate surface area is 194 Å². The molecule has 0 aliphatic heterocycles. The quantitative estimate of drug-likeness (QED) is 0.129. The lowest BCUT2D eigenvalue weighted by atomic mass is 10.2. The molecule has 34 heavy (non-hydrogen) atoms. The number of anilines is 4. The summed E-state index contributed by atoms with van der Waals surface area (Å²) in [6.07, 6.45) is -0.799. The number of nitrogens with zero attached hydrogens (tertiary/aromatic N) is 4. The van der Waals surface area contributed by atoms with Crippen LogP contribution in [0.4, 0.5) is 33.5 Å². The molecule has 0 saturated heterocycles. The number of hydrogen-bond donors (Lipinski definition) is 4. The number of nitrogen functional groups attached to an aromatic ring is 1. The van der Waals surface area contributed by atoms with Crippen molar-refractivity contribution in [1.29, 1.82) is 0 Å². The predicted molar refractivity (Wildman–Crippen MR) is 125 cm³/mol. The lowest BCUT2D eigenvalue weighted by molar-refractivity contribution is -0.383. The van der Waals surface area contributed by atoms with E-state index in [9.17, 15) is 24.9 Å². The number of benzene rings is 1. The molecule has 182 valence electrons. The van der Waals surface area contributed by atoms with E-state index in [1.807, 2.05) is 0 Å². The van der Waals surface area contributed by atoms with Gasteiger partial charge in [0.1, 0.15) is 11.5 Å². The van der Waals surface area contributed by atoms with Crippen molar-refractivity contribution in [2.24, 2.45) is 5.16 Å². The van der Waals surface area contributed by atoms with Crippen LogP contribution < -0.4 is 21.3 Å². The van der Waals surface area contributed by atoms with E-state index in [4.69, 9.17) is 10.5 Å². The van der Waals surface area contributed by atoms with E-state index < -0.39 is 28.5 Å². The molecule has 1 aromatic carbocycles. The van der Waals surface area contributed by atoms with Crippen molar-refractivity contribution >= 4 is 46.5 Å². The first-order valence-electron chi connectivity index (χ1n) is 9.92. The summed E-state index contributed by atoms with van der Waals surface area (Å²) in [5.74, 6) is -0.951. The average Bonchev–Trinajstić information content (AvgIpc) is 2.80. The summed E-state index contributed by atoms with van der Waals surface area (Å²) in [7, 11) is 3.02. The molecule has 0 spiro atoms. The Balaban J connectivity index is 2.14. The fourth-order valence-corrected chi connectivity index (χ4v) is 2.88. The summed E-state index contributed by atoms with van der Waals surface area (Å²) in [6, 6.07) is 7.78. The Bertz CT molecular complexity index is 1070. The largest absolute Gasteiger partial charge is 0.465 e. The van der Waals surface area contributed by atoms with Crippen LogP contribution >= 0.6 is 0 Å². The molecule has 1 amide bonds. The van der Waals surface area contributed by atoms with E-state index in [2.05, 4.69) is 25.5 Å². The number of carbonyl (C=O) groups excluding carboxylic acids is 2. The topological polar surface area (TPSA) is 195 Å². The number of amides is 1. The third-order valence-corrected chi connectivity index (χ3v) is 4.48. The summed E-state index contributed by atoms with van der Waals surface area (Å²) in [4.78, 5) is 39.5. The van der Waals surface area contributed by atoms with Gasteiger partial charge in [-0.25, -0.2) is 14.6 Å². The van der Waals surface area contributed by atoms with Crippen LogP contribution in [0.2, 0.25) is 0 Å². The molecule has 0 fully saturated rings. The molecule has 0 saturated carbocycles. The lowest BCUT2D eigenvalue weighted by Crippen LogP contribution is -2.30. The van der Waals surface area contributed by atoms with Gasteiger partial charge in [0.2, 0.25) is 5.82 Å². The third-order valence-electron chi connectivity index (χ3n) is 4.48. The Kier molecular flexibility index (Phi) is 8.93. The maximum absolute atomic E-state index is 11.6. The fourth-order valence-electron chi connectivity index (χ4n) is 2.88. The van der Waals surface area contributed by atoms with Crippen LogP contribution in [0.25, 0.3) is 0 Å². The molecular formula is C20H25N7O7. The number of pyridine rings is 1. The third kappa shape index (κ3) is 6.69. The number of aromatic nitrogens is 1. The summed E-state index contributed by atoms with van der Waals surface area (Å²) < 4.78 is 9.43. The van der Waals surface area contributed by atoms with Crippen LogP contribution in [0, 0.1) is 10.1 Å². The molecular weight excluding hydrogens is 450 g/mol. The second-order valence-corrected chi connectivity index (χ2v) is 6.81. The minimum absolute atomic E-state index is 0.0458. The molecule has 14 nitrogen and oxygen atoms in total. The molecule has 0 atom stereocenters. The van der Waals surface area contributed by atoms with Gasteiger partial charge in [0.15, 0.2) is 0 Å². The number of nitro groups is 1. The number of carbonyl (C=O) groups is 2. The van der Waals surface area contributed by atoms with Crippen molar-refractivity contribution in [1.82, 2.24) is 4.98 Å². The van der Waals surface area contributed by atoms with Gasteiger partial charge >= 0.3 is 17.7 Å². The van der Waals surface area contributed by atoms with Gasteiger partial charge in [-0.1, -0.05) is 5.16 Å². The van der Waals surface area contributed by atoms with Crippen LogP contribution in [-0.2, 0) is 9.47 Å². The smallest absolute Gasteiger partial charge is 0.412 e. The molecule has 2 rings (SSSR count). The molecule has 1 heterocycles. The minimum Gasteiger partial charge on any atom is -0.465 e. The number of nitrogens with two attached hydrogens (primary N) is 1. The van der Waals surface area contributed by atoms with Gasteiger partial charge < -0.3 is 30.6 Å². The van der Waals surface area contributed by atoms with Gasteiger partial charge in [0.05, 0.1) is 43.0 Å². The Morgan fingerprint density at radius 3 is 2.56 bits per heavy atom. The van der Waals surface area contributed by atoms with Crippen LogP contribution in [-0.4, -0.2) is 66.7 Å². The highest BCUT2D eigenvalue weighted by molar-refractivity contribution is 5.94. The van der Waals surface area contributed by atoms with E-state index in [-0.39, 0.29) is 36.9 Å². The second-order valence-electron chi connectivity index (χ2n) is 6.81. The van der Waals surface area contributed by atoms with Gasteiger partial charge in [0, 0.05) is 18.8 Å². The SMILES string of the molecule is CCOC(=O)Nc1cc(NCC(CN(C)c2ccc(C(=O)OC)cc2)=NO)c([N+](=O)[O-])c(N)n1. The normalized spacial score (nSPS) is 10.9. The van der Waals surface area contributed by atoms with Gasteiger partial charge in [-0.2, -0.15) is 0 Å². The summed E-state index contributed by atoms with van der Waals surface area (Å²) in [6.45, 7) is 1.78. The number of rotatable bonds is 10. The Hall–Kier alpha value is -4.62. The second kappa shape index (κ2) is 11.8. The number of oxime groups is 1. The summed E-state index contributed by atoms with van der Waals surface area (Å²) in [5.41, 5.74) is 6.48. The zero-order valence-corrected chi connectivity index (χ0v) is 18.8. The summed E-state index contributed by atoms with van der Waals surface area (Å²) in [5, 5.41) is 29.3. The molecule has 0 bridgehead atoms. The highest BCUT2D eigenvalue weighted by atomic mass is 16.6. The average molecular weight is 475 g/mol. The maximum atomic E-state index is 11.6. The van der Waals surface area contributed by atoms with Crippen molar-refractivity contribution in [3.63, 3.8) is 0 Å². The number of methoxy groups -OCH3 is 1. The monoisotopic (exact) mass is 475 g/mol. The number of ether oxygens (including phenoxy) is 2.